The van der Waals surface area contributed by atoms with E-state index < -0.39 is 29.5 Å². The highest BCUT2D eigenvalue weighted by Gasteiger charge is 2.36. The van der Waals surface area contributed by atoms with Crippen molar-refractivity contribution in [3.05, 3.63) is 122 Å². The van der Waals surface area contributed by atoms with Gasteiger partial charge in [0.2, 0.25) is 11.8 Å². The molecular weight excluding hydrogens is 886 g/mol. The molecule has 19 heteroatoms. The summed E-state index contributed by atoms with van der Waals surface area (Å²) in [6.45, 7) is 11.2. The zero-order chi connectivity index (χ0) is 46.3. The molecule has 6 aromatic rings. The fraction of sp³-hybridized carbons (Fsp3) is 0.362. The lowest BCUT2D eigenvalue weighted by Gasteiger charge is -2.21. The van der Waals surface area contributed by atoms with Crippen molar-refractivity contribution in [2.24, 2.45) is 10.9 Å². The number of ether oxygens (including phenoxy) is 4. The van der Waals surface area contributed by atoms with Crippen molar-refractivity contribution in [3.63, 3.8) is 0 Å². The van der Waals surface area contributed by atoms with Gasteiger partial charge in [-0.05, 0) is 81.3 Å². The molecule has 0 spiro atoms. The average molecular weight is 936 g/mol. The summed E-state index contributed by atoms with van der Waals surface area (Å²) in [4.78, 5) is 57.3. The highest BCUT2D eigenvalue weighted by molar-refractivity contribution is 7.15. The lowest BCUT2D eigenvalue weighted by Crippen LogP contribution is -2.45. The second-order valence-electron chi connectivity index (χ2n) is 15.9. The number of anilines is 2. The fourth-order valence-corrected chi connectivity index (χ4v) is 9.09. The zero-order valence-corrected chi connectivity index (χ0v) is 38.5. The van der Waals surface area contributed by atoms with Gasteiger partial charge in [-0.3, -0.25) is 34.1 Å². The molecule has 0 saturated carbocycles. The van der Waals surface area contributed by atoms with Crippen LogP contribution < -0.4 is 26.2 Å². The third kappa shape index (κ3) is 10.4. The molecule has 0 aliphatic carbocycles. The van der Waals surface area contributed by atoms with Crippen LogP contribution in [0.1, 0.15) is 65.1 Å². The number of benzene rings is 3. The number of carbonyl (C=O) groups excluding carboxylic acids is 3. The Hall–Kier alpha value is -6.31. The van der Waals surface area contributed by atoms with Gasteiger partial charge in [-0.2, -0.15) is 5.10 Å². The van der Waals surface area contributed by atoms with E-state index in [9.17, 15) is 19.2 Å². The summed E-state index contributed by atoms with van der Waals surface area (Å²) in [7, 11) is 0. The van der Waals surface area contributed by atoms with E-state index in [-0.39, 0.29) is 24.7 Å². The Morgan fingerprint density at radius 3 is 2.32 bits per heavy atom. The van der Waals surface area contributed by atoms with Gasteiger partial charge in [0, 0.05) is 50.8 Å². The molecule has 5 heterocycles. The van der Waals surface area contributed by atoms with Crippen molar-refractivity contribution in [2.45, 2.75) is 52.6 Å². The molecule has 17 nitrogen and oxygen atoms in total. The van der Waals surface area contributed by atoms with E-state index in [0.29, 0.717) is 85.8 Å². The summed E-state index contributed by atoms with van der Waals surface area (Å²) in [5, 5.41) is 24.4. The number of aromatic nitrogens is 5. The minimum absolute atomic E-state index is 0.154. The van der Waals surface area contributed by atoms with E-state index in [1.807, 2.05) is 48.7 Å². The molecular formula is C47H50ClN9O8S. The number of thiophene rings is 1. The summed E-state index contributed by atoms with van der Waals surface area (Å²) >= 11 is 7.93. The number of aliphatic imine (C=N–C) groups is 1. The second kappa shape index (κ2) is 20.9. The highest BCUT2D eigenvalue weighted by Crippen LogP contribution is 2.41. The Balaban J connectivity index is 0.727. The number of rotatable bonds is 19. The molecule has 3 atom stereocenters. The number of hydrogen-bond donors (Lipinski definition) is 3. The molecule has 3 N–H and O–H groups in total. The first-order valence-electron chi connectivity index (χ1n) is 21.7. The number of fused-ring (bicyclic) bond motifs is 4. The van der Waals surface area contributed by atoms with Gasteiger partial charge in [-0.25, -0.2) is 4.68 Å². The van der Waals surface area contributed by atoms with Crippen LogP contribution in [0, 0.1) is 26.7 Å². The Morgan fingerprint density at radius 1 is 0.894 bits per heavy atom. The average Bonchev–Trinajstić information content (AvgIpc) is 3.78. The maximum atomic E-state index is 13.8. The molecule has 0 bridgehead atoms. The van der Waals surface area contributed by atoms with E-state index in [0.717, 1.165) is 43.6 Å². The zero-order valence-electron chi connectivity index (χ0n) is 37.0. The van der Waals surface area contributed by atoms with E-state index >= 15 is 0 Å². The Kier molecular flexibility index (Phi) is 14.6. The van der Waals surface area contributed by atoms with Gasteiger partial charge in [-0.15, -0.1) is 21.5 Å². The maximum absolute atomic E-state index is 13.8. The Labute approximate surface area is 389 Å². The highest BCUT2D eigenvalue weighted by atomic mass is 35.5. The molecule has 3 aromatic heterocycles. The number of aryl methyl sites for hydroxylation is 2. The number of amides is 3. The predicted octanol–water partition coefficient (Wildman–Crippen LogP) is 6.30. The van der Waals surface area contributed by atoms with Crippen LogP contribution in [0.25, 0.3) is 15.8 Å². The van der Waals surface area contributed by atoms with Crippen LogP contribution in [0.5, 0.6) is 5.75 Å². The van der Waals surface area contributed by atoms with Crippen molar-refractivity contribution >= 4 is 68.5 Å². The standard InChI is InChI=1S/C47H50ClN9O8S/c1-27-29(3)66-47-40(27)42(31-5-8-33(48)9-6-31)53-41(43-55-54-30(4)56(43)47)28(2)44(59)51-34-11-13-36(14-12-34)65-24-23-64-22-21-63-20-19-62-18-17-49-35-10-7-32-26-50-57(46(61)37(32)25-35)38-15-16-39(58)52-45(38)60/h5-14,25-26,28,38,41,49H,15-24H2,1-4H3,(H,51,59)(H,52,58,60)/t28-,38?,41-/m0/s1. The third-order valence-electron chi connectivity index (χ3n) is 11.5. The molecule has 344 valence electrons. The lowest BCUT2D eigenvalue weighted by molar-refractivity contribution is -0.136. The molecule has 1 saturated heterocycles. The predicted molar refractivity (Wildman–Crippen MR) is 251 cm³/mol. The number of imide groups is 1. The Morgan fingerprint density at radius 2 is 1.59 bits per heavy atom. The normalized spacial score (nSPS) is 16.2. The Bertz CT molecular complexity index is 2820. The summed E-state index contributed by atoms with van der Waals surface area (Å²) < 4.78 is 26.0. The summed E-state index contributed by atoms with van der Waals surface area (Å²) in [5.41, 5.74) is 4.77. The van der Waals surface area contributed by atoms with Crippen LogP contribution in [-0.2, 0) is 28.6 Å². The topological polar surface area (TPSA) is 202 Å². The molecule has 3 amide bonds. The van der Waals surface area contributed by atoms with Crippen LogP contribution in [0.15, 0.2) is 82.7 Å². The van der Waals surface area contributed by atoms with Crippen LogP contribution in [0.3, 0.4) is 0 Å². The van der Waals surface area contributed by atoms with E-state index in [1.54, 1.807) is 53.9 Å². The van der Waals surface area contributed by atoms with Crippen molar-refractivity contribution in [3.8, 4) is 10.8 Å². The number of nitrogens with one attached hydrogen (secondary N) is 3. The van der Waals surface area contributed by atoms with E-state index in [4.69, 9.17) is 35.5 Å². The third-order valence-corrected chi connectivity index (χ3v) is 12.9. The summed E-state index contributed by atoms with van der Waals surface area (Å²) in [5.74, 6) is 0.290. The van der Waals surface area contributed by atoms with Crippen molar-refractivity contribution in [1.29, 1.82) is 0 Å². The van der Waals surface area contributed by atoms with Crippen LogP contribution >= 0.6 is 22.9 Å². The largest absolute Gasteiger partial charge is 0.491 e. The maximum Gasteiger partial charge on any atom is 0.275 e. The van der Waals surface area contributed by atoms with Crippen molar-refractivity contribution < 1.29 is 33.3 Å². The van der Waals surface area contributed by atoms with Gasteiger partial charge >= 0.3 is 0 Å². The first kappa shape index (κ1) is 46.2. The number of carbonyl (C=O) groups is 3. The smallest absolute Gasteiger partial charge is 0.275 e. The molecule has 1 unspecified atom stereocenters. The number of halogens is 1. The first-order chi connectivity index (χ1) is 32.0. The molecule has 66 heavy (non-hydrogen) atoms. The molecule has 3 aromatic carbocycles. The molecule has 0 radical (unpaired) electrons. The van der Waals surface area contributed by atoms with Gasteiger partial charge < -0.3 is 29.6 Å². The molecule has 2 aliphatic rings. The van der Waals surface area contributed by atoms with E-state index in [1.165, 1.54) is 4.88 Å². The first-order valence-corrected chi connectivity index (χ1v) is 22.9. The van der Waals surface area contributed by atoms with Crippen molar-refractivity contribution in [1.82, 2.24) is 29.9 Å². The minimum Gasteiger partial charge on any atom is -0.491 e. The number of hydrogen-bond acceptors (Lipinski definition) is 14. The minimum atomic E-state index is -0.823. The fourth-order valence-electron chi connectivity index (χ4n) is 7.75. The lowest BCUT2D eigenvalue weighted by atomic mass is 9.97. The molecule has 2 aliphatic heterocycles. The van der Waals surface area contributed by atoms with Crippen LogP contribution in [-0.4, -0.2) is 101 Å². The van der Waals surface area contributed by atoms with Gasteiger partial charge in [0.05, 0.1) is 62.9 Å². The van der Waals surface area contributed by atoms with E-state index in [2.05, 4.69) is 45.1 Å². The van der Waals surface area contributed by atoms with Crippen molar-refractivity contribution in [2.75, 3.05) is 63.4 Å². The second-order valence-corrected chi connectivity index (χ2v) is 17.6. The number of piperidine rings is 1. The van der Waals surface area contributed by atoms with Gasteiger partial charge in [0.1, 0.15) is 35.3 Å². The molecule has 8 rings (SSSR count). The monoisotopic (exact) mass is 935 g/mol. The van der Waals surface area contributed by atoms with Crippen LogP contribution in [0.2, 0.25) is 5.02 Å². The number of nitrogens with zero attached hydrogens (tertiary/aromatic N) is 6. The summed E-state index contributed by atoms with van der Waals surface area (Å²) in [6, 6.07) is 18.7. The van der Waals surface area contributed by atoms with Gasteiger partial charge in [-0.1, -0.05) is 36.7 Å². The quantitative estimate of drug-likeness (QED) is 0.0605. The van der Waals surface area contributed by atoms with Gasteiger partial charge in [0.25, 0.3) is 11.5 Å². The van der Waals surface area contributed by atoms with Crippen LogP contribution in [0.4, 0.5) is 11.4 Å². The SMILES string of the molecule is Cc1sc2c(c1C)C(c1ccc(Cl)cc1)=N[C@@H]([C@H](C)C(=O)Nc1ccc(OCCOCCOCCOCCNc3ccc4cnn(C5CCC(=O)NC5=O)c(=O)c4c3)cc1)c1nnc(C)n1-2. The van der Waals surface area contributed by atoms with Gasteiger partial charge in [0.15, 0.2) is 5.82 Å². The summed E-state index contributed by atoms with van der Waals surface area (Å²) in [6.07, 6.45) is 1.93. The molecule has 1 fully saturated rings.